The first kappa shape index (κ1) is 18.1. The molecule has 1 aliphatic rings. The van der Waals surface area contributed by atoms with Crippen LogP contribution in [0.25, 0.3) is 0 Å². The predicted octanol–water partition coefficient (Wildman–Crippen LogP) is 4.19. The fraction of sp³-hybridized carbons (Fsp3) is 0.273. The molecular weight excluding hydrogens is 352 g/mol. The van der Waals surface area contributed by atoms with Gasteiger partial charge in [-0.25, -0.2) is 4.98 Å². The van der Waals surface area contributed by atoms with E-state index in [9.17, 15) is 0 Å². The third kappa shape index (κ3) is 3.58. The number of hydrogen-bond acceptors (Lipinski definition) is 6. The van der Waals surface area contributed by atoms with Gasteiger partial charge in [0.2, 0.25) is 5.95 Å². The summed E-state index contributed by atoms with van der Waals surface area (Å²) in [5.74, 6) is 2.92. The fourth-order valence-corrected chi connectivity index (χ4v) is 3.62. The van der Waals surface area contributed by atoms with Crippen LogP contribution in [0.3, 0.4) is 0 Å². The summed E-state index contributed by atoms with van der Waals surface area (Å²) in [6, 6.07) is 16.3. The fourth-order valence-electron chi connectivity index (χ4n) is 3.62. The first-order valence-corrected chi connectivity index (χ1v) is 9.42. The van der Waals surface area contributed by atoms with Gasteiger partial charge < -0.3 is 19.7 Å². The first-order valence-electron chi connectivity index (χ1n) is 9.42. The molecule has 1 aromatic heterocycles. The van der Waals surface area contributed by atoms with Crippen molar-refractivity contribution < 1.29 is 9.47 Å². The van der Waals surface area contributed by atoms with Crippen LogP contribution in [-0.4, -0.2) is 30.7 Å². The van der Waals surface area contributed by atoms with E-state index in [0.717, 1.165) is 36.5 Å². The first-order chi connectivity index (χ1) is 13.8. The Morgan fingerprint density at radius 2 is 1.93 bits per heavy atom. The molecule has 2 heterocycles. The number of nitrogens with one attached hydrogen (secondary N) is 1. The van der Waals surface area contributed by atoms with Crippen molar-refractivity contribution in [2.24, 2.45) is 0 Å². The molecule has 2 aromatic carbocycles. The largest absolute Gasteiger partial charge is 0.493 e. The van der Waals surface area contributed by atoms with Crippen molar-refractivity contribution in [1.29, 1.82) is 0 Å². The highest BCUT2D eigenvalue weighted by molar-refractivity contribution is 5.65. The van der Waals surface area contributed by atoms with Crippen molar-refractivity contribution in [1.82, 2.24) is 9.97 Å². The Morgan fingerprint density at radius 1 is 1.04 bits per heavy atom. The number of benzene rings is 2. The maximum atomic E-state index is 5.50. The van der Waals surface area contributed by atoms with E-state index < -0.39 is 0 Å². The van der Waals surface area contributed by atoms with E-state index in [1.807, 2.05) is 24.3 Å². The Kier molecular flexibility index (Phi) is 5.28. The van der Waals surface area contributed by atoms with Crippen LogP contribution in [0, 0.1) is 0 Å². The maximum absolute atomic E-state index is 5.50. The van der Waals surface area contributed by atoms with Crippen molar-refractivity contribution in [2.75, 3.05) is 31.0 Å². The Balaban J connectivity index is 1.55. The molecule has 0 saturated carbocycles. The number of para-hydroxylation sites is 2. The number of fused-ring (bicyclic) bond motifs is 1. The highest BCUT2D eigenvalue weighted by Gasteiger charge is 2.19. The smallest absolute Gasteiger partial charge is 0.224 e. The minimum Gasteiger partial charge on any atom is -0.493 e. The van der Waals surface area contributed by atoms with Crippen LogP contribution in [-0.2, 0) is 13.0 Å². The Labute approximate surface area is 165 Å². The van der Waals surface area contributed by atoms with E-state index in [1.165, 1.54) is 11.3 Å². The second kappa shape index (κ2) is 8.17. The summed E-state index contributed by atoms with van der Waals surface area (Å²) in [6.07, 6.45) is 4.02. The zero-order chi connectivity index (χ0) is 19.3. The molecule has 144 valence electrons. The second-order valence-corrected chi connectivity index (χ2v) is 6.63. The lowest BCUT2D eigenvalue weighted by molar-refractivity contribution is 0.352. The lowest BCUT2D eigenvalue weighted by atomic mass is 10.0. The van der Waals surface area contributed by atoms with Crippen LogP contribution in [0.4, 0.5) is 17.5 Å². The summed E-state index contributed by atoms with van der Waals surface area (Å²) >= 11 is 0. The third-order valence-corrected chi connectivity index (χ3v) is 4.95. The second-order valence-electron chi connectivity index (χ2n) is 6.63. The van der Waals surface area contributed by atoms with Crippen molar-refractivity contribution in [3.63, 3.8) is 0 Å². The molecule has 1 aliphatic heterocycles. The van der Waals surface area contributed by atoms with E-state index in [2.05, 4.69) is 39.5 Å². The van der Waals surface area contributed by atoms with Crippen molar-refractivity contribution in [3.8, 4) is 11.5 Å². The van der Waals surface area contributed by atoms with Crippen molar-refractivity contribution in [2.45, 2.75) is 19.4 Å². The zero-order valence-electron chi connectivity index (χ0n) is 16.2. The van der Waals surface area contributed by atoms with Gasteiger partial charge in [-0.2, -0.15) is 4.98 Å². The monoisotopic (exact) mass is 376 g/mol. The van der Waals surface area contributed by atoms with E-state index in [1.54, 1.807) is 20.4 Å². The van der Waals surface area contributed by atoms with Crippen LogP contribution < -0.4 is 19.7 Å². The third-order valence-electron chi connectivity index (χ3n) is 4.95. The molecule has 0 spiro atoms. The van der Waals surface area contributed by atoms with Gasteiger partial charge in [-0.15, -0.1) is 0 Å². The number of methoxy groups -OCH3 is 2. The molecule has 28 heavy (non-hydrogen) atoms. The van der Waals surface area contributed by atoms with Crippen molar-refractivity contribution >= 4 is 17.5 Å². The SMILES string of the molecule is COc1cccc(CNc2nccc(N3CCCc4ccccc43)n2)c1OC. The average Bonchev–Trinajstić information content (AvgIpc) is 2.77. The van der Waals surface area contributed by atoms with Crippen LogP contribution in [0.15, 0.2) is 54.7 Å². The summed E-state index contributed by atoms with van der Waals surface area (Å²) in [5.41, 5.74) is 3.58. The number of aromatic nitrogens is 2. The number of hydrogen-bond donors (Lipinski definition) is 1. The zero-order valence-corrected chi connectivity index (χ0v) is 16.2. The minimum absolute atomic E-state index is 0.542. The molecule has 4 rings (SSSR count). The molecule has 0 atom stereocenters. The van der Waals surface area contributed by atoms with Gasteiger partial charge in [0.1, 0.15) is 5.82 Å². The quantitative estimate of drug-likeness (QED) is 0.696. The normalized spacial score (nSPS) is 13.0. The Morgan fingerprint density at radius 3 is 2.79 bits per heavy atom. The molecule has 6 nitrogen and oxygen atoms in total. The van der Waals surface area contributed by atoms with Gasteiger partial charge in [0.05, 0.1) is 14.2 Å². The summed E-state index contributed by atoms with van der Waals surface area (Å²) in [6.45, 7) is 1.50. The van der Waals surface area contributed by atoms with Gasteiger partial charge in [-0.1, -0.05) is 30.3 Å². The number of nitrogens with zero attached hydrogens (tertiary/aromatic N) is 3. The number of anilines is 3. The molecule has 1 N–H and O–H groups in total. The number of aryl methyl sites for hydroxylation is 1. The van der Waals surface area contributed by atoms with Gasteiger partial charge in [0, 0.05) is 30.5 Å². The molecule has 0 amide bonds. The van der Waals surface area contributed by atoms with E-state index in [0.29, 0.717) is 18.2 Å². The van der Waals surface area contributed by atoms with E-state index in [-0.39, 0.29) is 0 Å². The molecule has 0 saturated heterocycles. The molecule has 0 unspecified atom stereocenters. The average molecular weight is 376 g/mol. The number of ether oxygens (including phenoxy) is 2. The van der Waals surface area contributed by atoms with E-state index in [4.69, 9.17) is 14.5 Å². The van der Waals surface area contributed by atoms with Crippen LogP contribution >= 0.6 is 0 Å². The molecule has 6 heteroatoms. The van der Waals surface area contributed by atoms with Crippen LogP contribution in [0.2, 0.25) is 0 Å². The summed E-state index contributed by atoms with van der Waals surface area (Å²) in [7, 11) is 3.28. The predicted molar refractivity (Wildman–Crippen MR) is 111 cm³/mol. The lowest BCUT2D eigenvalue weighted by Gasteiger charge is -2.30. The van der Waals surface area contributed by atoms with Crippen LogP contribution in [0.5, 0.6) is 11.5 Å². The van der Waals surface area contributed by atoms with E-state index >= 15 is 0 Å². The summed E-state index contributed by atoms with van der Waals surface area (Å²) in [4.78, 5) is 11.4. The van der Waals surface area contributed by atoms with Gasteiger partial charge in [-0.05, 0) is 36.6 Å². The van der Waals surface area contributed by atoms with Gasteiger partial charge >= 0.3 is 0 Å². The topological polar surface area (TPSA) is 59.5 Å². The summed E-state index contributed by atoms with van der Waals surface area (Å²) < 4.78 is 10.9. The molecular formula is C22H24N4O2. The van der Waals surface area contributed by atoms with Crippen molar-refractivity contribution in [3.05, 3.63) is 65.9 Å². The Bertz CT molecular complexity index is 961. The maximum Gasteiger partial charge on any atom is 0.224 e. The highest BCUT2D eigenvalue weighted by Crippen LogP contribution is 2.33. The molecule has 0 fully saturated rings. The molecule has 0 bridgehead atoms. The lowest BCUT2D eigenvalue weighted by Crippen LogP contribution is -2.25. The standard InChI is InChI=1S/C22H24N4O2/c1-27-19-11-5-8-17(21(19)28-2)15-24-22-23-13-12-20(25-22)26-14-6-9-16-7-3-4-10-18(16)26/h3-5,7-8,10-13H,6,9,14-15H2,1-2H3,(H,23,24,25). The van der Waals surface area contributed by atoms with Gasteiger partial charge in [0.15, 0.2) is 11.5 Å². The number of rotatable bonds is 6. The Hall–Kier alpha value is -3.28. The van der Waals surface area contributed by atoms with Gasteiger partial charge in [0.25, 0.3) is 0 Å². The molecule has 3 aromatic rings. The highest BCUT2D eigenvalue weighted by atomic mass is 16.5. The molecule has 0 aliphatic carbocycles. The molecule has 0 radical (unpaired) electrons. The van der Waals surface area contributed by atoms with Gasteiger partial charge in [-0.3, -0.25) is 0 Å². The summed E-state index contributed by atoms with van der Waals surface area (Å²) in [5, 5.41) is 3.31. The minimum atomic E-state index is 0.542. The van der Waals surface area contributed by atoms with Crippen LogP contribution in [0.1, 0.15) is 17.5 Å².